The molecular formula is C11H14BrNS. The number of hydrogen-bond donors (Lipinski definition) is 1. The number of thiophene rings is 1. The summed E-state index contributed by atoms with van der Waals surface area (Å²) in [6, 6.07) is 2.51. The lowest BCUT2D eigenvalue weighted by molar-refractivity contribution is 0.584. The van der Waals surface area contributed by atoms with Gasteiger partial charge < -0.3 is 5.73 Å². The van der Waals surface area contributed by atoms with Crippen LogP contribution in [0.25, 0.3) is 0 Å². The molecule has 0 saturated heterocycles. The van der Waals surface area contributed by atoms with Crippen molar-refractivity contribution < 1.29 is 0 Å². The van der Waals surface area contributed by atoms with Crippen molar-refractivity contribution in [2.75, 3.05) is 0 Å². The van der Waals surface area contributed by atoms with Gasteiger partial charge in [-0.25, -0.2) is 0 Å². The molecule has 0 aromatic carbocycles. The van der Waals surface area contributed by atoms with Gasteiger partial charge >= 0.3 is 0 Å². The number of halogens is 1. The van der Waals surface area contributed by atoms with Crippen LogP contribution in [0.2, 0.25) is 0 Å². The van der Waals surface area contributed by atoms with E-state index in [2.05, 4.69) is 33.5 Å². The maximum absolute atomic E-state index is 5.85. The van der Waals surface area contributed by atoms with Gasteiger partial charge in [-0.15, -0.1) is 11.3 Å². The standard InChI is InChI=1S/C11H14BrNS/c12-10-5-6-14-11(10)7-8-1-3-9(13)4-2-8/h1,5-6,9H,2-4,7,13H2. The molecule has 3 heteroatoms. The largest absolute Gasteiger partial charge is 0.327 e. The van der Waals surface area contributed by atoms with Crippen LogP contribution in [0.3, 0.4) is 0 Å². The lowest BCUT2D eigenvalue weighted by Gasteiger charge is -2.17. The van der Waals surface area contributed by atoms with Gasteiger partial charge in [-0.1, -0.05) is 11.6 Å². The minimum absolute atomic E-state index is 0.394. The summed E-state index contributed by atoms with van der Waals surface area (Å²) in [6.07, 6.45) is 6.80. The van der Waals surface area contributed by atoms with E-state index in [0.717, 1.165) is 19.3 Å². The van der Waals surface area contributed by atoms with E-state index < -0.39 is 0 Å². The number of nitrogens with two attached hydrogens (primary N) is 1. The minimum atomic E-state index is 0.394. The maximum Gasteiger partial charge on any atom is 0.0317 e. The first kappa shape index (κ1) is 10.4. The molecule has 1 nitrogen and oxygen atoms in total. The first-order valence-electron chi connectivity index (χ1n) is 4.91. The Morgan fingerprint density at radius 2 is 2.43 bits per heavy atom. The Morgan fingerprint density at radius 3 is 3.00 bits per heavy atom. The van der Waals surface area contributed by atoms with Crippen LogP contribution in [-0.4, -0.2) is 6.04 Å². The van der Waals surface area contributed by atoms with Crippen molar-refractivity contribution in [3.05, 3.63) is 32.4 Å². The molecule has 1 heterocycles. The zero-order valence-electron chi connectivity index (χ0n) is 8.00. The molecular weight excluding hydrogens is 258 g/mol. The first-order valence-corrected chi connectivity index (χ1v) is 6.58. The second-order valence-corrected chi connectivity index (χ2v) is 5.62. The van der Waals surface area contributed by atoms with E-state index in [1.165, 1.54) is 15.8 Å². The molecule has 1 aliphatic rings. The smallest absolute Gasteiger partial charge is 0.0317 e. The summed E-state index contributed by atoms with van der Waals surface area (Å²) in [5, 5.41) is 2.13. The van der Waals surface area contributed by atoms with Crippen molar-refractivity contribution in [3.8, 4) is 0 Å². The quantitative estimate of drug-likeness (QED) is 0.819. The highest BCUT2D eigenvalue weighted by molar-refractivity contribution is 9.10. The molecule has 0 radical (unpaired) electrons. The predicted molar refractivity (Wildman–Crippen MR) is 65.6 cm³/mol. The van der Waals surface area contributed by atoms with E-state index in [-0.39, 0.29) is 0 Å². The van der Waals surface area contributed by atoms with Gasteiger partial charge in [0.2, 0.25) is 0 Å². The van der Waals surface area contributed by atoms with Crippen LogP contribution in [0.1, 0.15) is 24.1 Å². The highest BCUT2D eigenvalue weighted by atomic mass is 79.9. The average molecular weight is 272 g/mol. The lowest BCUT2D eigenvalue weighted by Crippen LogP contribution is -2.21. The van der Waals surface area contributed by atoms with E-state index in [1.807, 2.05) is 11.3 Å². The summed E-state index contributed by atoms with van der Waals surface area (Å²) < 4.78 is 1.25. The van der Waals surface area contributed by atoms with Crippen LogP contribution < -0.4 is 5.73 Å². The van der Waals surface area contributed by atoms with Crippen LogP contribution in [0.5, 0.6) is 0 Å². The Balaban J connectivity index is 2.02. The SMILES string of the molecule is NC1CC=C(Cc2sccc2Br)CC1. The summed E-state index contributed by atoms with van der Waals surface area (Å²) >= 11 is 5.39. The van der Waals surface area contributed by atoms with Crippen LogP contribution >= 0.6 is 27.3 Å². The van der Waals surface area contributed by atoms with Crippen molar-refractivity contribution >= 4 is 27.3 Å². The monoisotopic (exact) mass is 271 g/mol. The molecule has 1 aliphatic carbocycles. The average Bonchev–Trinajstić information content (AvgIpc) is 2.56. The topological polar surface area (TPSA) is 26.0 Å². The molecule has 14 heavy (non-hydrogen) atoms. The van der Waals surface area contributed by atoms with E-state index in [0.29, 0.717) is 6.04 Å². The number of allylic oxidation sites excluding steroid dienone is 1. The zero-order chi connectivity index (χ0) is 9.97. The van der Waals surface area contributed by atoms with Gasteiger partial charge in [0.1, 0.15) is 0 Å². The molecule has 2 rings (SSSR count). The molecule has 0 spiro atoms. The Kier molecular flexibility index (Phi) is 3.42. The molecule has 1 atom stereocenters. The van der Waals surface area contributed by atoms with Crippen molar-refractivity contribution in [3.63, 3.8) is 0 Å². The third-order valence-corrected chi connectivity index (χ3v) is 4.55. The van der Waals surface area contributed by atoms with E-state index >= 15 is 0 Å². The molecule has 76 valence electrons. The third kappa shape index (κ3) is 2.47. The van der Waals surface area contributed by atoms with Crippen LogP contribution in [-0.2, 0) is 6.42 Å². The molecule has 2 N–H and O–H groups in total. The normalized spacial score (nSPS) is 22.1. The number of hydrogen-bond acceptors (Lipinski definition) is 2. The van der Waals surface area contributed by atoms with Gasteiger partial charge in [-0.2, -0.15) is 0 Å². The van der Waals surface area contributed by atoms with Gasteiger partial charge in [0.25, 0.3) is 0 Å². The van der Waals surface area contributed by atoms with Crippen molar-refractivity contribution in [1.82, 2.24) is 0 Å². The van der Waals surface area contributed by atoms with Gasteiger partial charge in [-0.3, -0.25) is 0 Å². The van der Waals surface area contributed by atoms with Gasteiger partial charge in [0.05, 0.1) is 0 Å². The highest BCUT2D eigenvalue weighted by Gasteiger charge is 2.12. The fourth-order valence-corrected chi connectivity index (χ4v) is 3.27. The molecule has 0 amide bonds. The molecule has 0 aliphatic heterocycles. The Bertz CT molecular complexity index is 343. The van der Waals surface area contributed by atoms with Crippen LogP contribution in [0.15, 0.2) is 27.6 Å². The molecule has 1 aromatic rings. The predicted octanol–water partition coefficient (Wildman–Crippen LogP) is 3.49. The molecule has 1 unspecified atom stereocenters. The van der Waals surface area contributed by atoms with Crippen LogP contribution in [0, 0.1) is 0 Å². The minimum Gasteiger partial charge on any atom is -0.327 e. The van der Waals surface area contributed by atoms with Gasteiger partial charge in [0, 0.05) is 21.8 Å². The lowest BCUT2D eigenvalue weighted by atomic mass is 9.93. The maximum atomic E-state index is 5.85. The Hall–Kier alpha value is -0.120. The van der Waals surface area contributed by atoms with Crippen molar-refractivity contribution in [2.24, 2.45) is 5.73 Å². The second kappa shape index (κ2) is 4.60. The Morgan fingerprint density at radius 1 is 1.57 bits per heavy atom. The van der Waals surface area contributed by atoms with Crippen LogP contribution in [0.4, 0.5) is 0 Å². The molecule has 0 fully saturated rings. The van der Waals surface area contributed by atoms with Gasteiger partial charge in [0.15, 0.2) is 0 Å². The zero-order valence-corrected chi connectivity index (χ0v) is 10.4. The fraction of sp³-hybridized carbons (Fsp3) is 0.455. The molecule has 1 aromatic heterocycles. The van der Waals surface area contributed by atoms with Gasteiger partial charge in [-0.05, 0) is 46.6 Å². The van der Waals surface area contributed by atoms with Crippen molar-refractivity contribution in [1.29, 1.82) is 0 Å². The summed E-state index contributed by atoms with van der Waals surface area (Å²) in [5.74, 6) is 0. The fourth-order valence-electron chi connectivity index (χ4n) is 1.73. The molecule has 0 bridgehead atoms. The number of rotatable bonds is 2. The summed E-state index contributed by atoms with van der Waals surface area (Å²) in [5.41, 5.74) is 7.40. The first-order chi connectivity index (χ1) is 6.75. The molecule has 0 saturated carbocycles. The highest BCUT2D eigenvalue weighted by Crippen LogP contribution is 2.28. The summed E-state index contributed by atoms with van der Waals surface area (Å²) in [4.78, 5) is 1.44. The van der Waals surface area contributed by atoms with Crippen molar-refractivity contribution in [2.45, 2.75) is 31.7 Å². The van der Waals surface area contributed by atoms with E-state index in [4.69, 9.17) is 5.73 Å². The second-order valence-electron chi connectivity index (χ2n) is 3.77. The van der Waals surface area contributed by atoms with E-state index in [1.54, 1.807) is 5.57 Å². The Labute approximate surface area is 97.1 Å². The third-order valence-electron chi connectivity index (χ3n) is 2.62. The van der Waals surface area contributed by atoms with E-state index in [9.17, 15) is 0 Å². The summed E-state index contributed by atoms with van der Waals surface area (Å²) in [7, 11) is 0. The summed E-state index contributed by atoms with van der Waals surface area (Å²) in [6.45, 7) is 0.